The fourth-order valence-electron chi connectivity index (χ4n) is 2.81. The van der Waals surface area contributed by atoms with Crippen molar-refractivity contribution in [3.8, 4) is 11.5 Å². The molecular formula is C17H22ClN3O2. The van der Waals surface area contributed by atoms with Gasteiger partial charge in [0.1, 0.15) is 6.26 Å². The van der Waals surface area contributed by atoms with Gasteiger partial charge in [0.25, 0.3) is 0 Å². The Bertz CT molecular complexity index is 637. The number of hydrogen-bond donors (Lipinski definition) is 2. The number of benzene rings is 1. The van der Waals surface area contributed by atoms with E-state index in [4.69, 9.17) is 4.42 Å². The second-order valence-corrected chi connectivity index (χ2v) is 5.81. The first kappa shape index (κ1) is 17.5. The van der Waals surface area contributed by atoms with E-state index < -0.39 is 0 Å². The van der Waals surface area contributed by atoms with Gasteiger partial charge >= 0.3 is 0 Å². The summed E-state index contributed by atoms with van der Waals surface area (Å²) in [6.07, 6.45) is 5.85. The molecule has 0 aliphatic carbocycles. The lowest BCUT2D eigenvalue weighted by molar-refractivity contribution is -0.116. The number of hydrogen-bond acceptors (Lipinski definition) is 4. The zero-order valence-corrected chi connectivity index (χ0v) is 14.0. The maximum Gasteiger partial charge on any atom is 0.226 e. The van der Waals surface area contributed by atoms with Crippen LogP contribution in [0.25, 0.3) is 11.5 Å². The van der Waals surface area contributed by atoms with Crippen LogP contribution in [0.4, 0.5) is 5.69 Å². The van der Waals surface area contributed by atoms with E-state index in [1.54, 1.807) is 12.5 Å². The molecule has 5 nitrogen and oxygen atoms in total. The van der Waals surface area contributed by atoms with Gasteiger partial charge in [0, 0.05) is 17.7 Å². The van der Waals surface area contributed by atoms with Gasteiger partial charge in [0.2, 0.25) is 11.8 Å². The van der Waals surface area contributed by atoms with Crippen LogP contribution < -0.4 is 10.6 Å². The number of carbonyl (C=O) groups excluding carboxylic acids is 1. The summed E-state index contributed by atoms with van der Waals surface area (Å²) >= 11 is 0. The molecule has 124 valence electrons. The predicted octanol–water partition coefficient (Wildman–Crippen LogP) is 3.40. The zero-order valence-electron chi connectivity index (χ0n) is 13.2. The number of carbonyl (C=O) groups is 1. The summed E-state index contributed by atoms with van der Waals surface area (Å²) in [7, 11) is 0. The topological polar surface area (TPSA) is 67.2 Å². The monoisotopic (exact) mass is 335 g/mol. The first-order chi connectivity index (χ1) is 10.7. The molecule has 0 radical (unpaired) electrons. The smallest absolute Gasteiger partial charge is 0.226 e. The lowest BCUT2D eigenvalue weighted by atomic mass is 10.0. The van der Waals surface area contributed by atoms with Crippen LogP contribution in [0.1, 0.15) is 24.8 Å². The molecule has 6 heteroatoms. The number of aromatic nitrogens is 1. The Hall–Kier alpha value is -1.85. The molecule has 1 amide bonds. The van der Waals surface area contributed by atoms with Gasteiger partial charge in [-0.05, 0) is 56.5 Å². The van der Waals surface area contributed by atoms with E-state index in [0.29, 0.717) is 18.2 Å². The molecule has 0 spiro atoms. The number of aryl methyl sites for hydroxylation is 1. The van der Waals surface area contributed by atoms with Crippen molar-refractivity contribution in [2.75, 3.05) is 18.4 Å². The van der Waals surface area contributed by atoms with E-state index in [9.17, 15) is 4.79 Å². The van der Waals surface area contributed by atoms with E-state index in [1.165, 1.54) is 6.42 Å². The molecule has 23 heavy (non-hydrogen) atoms. The SMILES string of the molecule is Cc1ccc(NC(=O)CCC2CCNC2)cc1-c1ncco1.Cl. The minimum absolute atomic E-state index is 0. The van der Waals surface area contributed by atoms with Crippen molar-refractivity contribution >= 4 is 24.0 Å². The van der Waals surface area contributed by atoms with Crippen LogP contribution in [-0.4, -0.2) is 24.0 Å². The lowest BCUT2D eigenvalue weighted by Crippen LogP contribution is -2.15. The quantitative estimate of drug-likeness (QED) is 0.878. The third-order valence-corrected chi connectivity index (χ3v) is 4.13. The Labute approximate surface area is 142 Å². The van der Waals surface area contributed by atoms with Crippen molar-refractivity contribution in [1.82, 2.24) is 10.3 Å². The first-order valence-electron chi connectivity index (χ1n) is 7.73. The molecule has 3 rings (SSSR count). The molecule has 1 aromatic carbocycles. The zero-order chi connectivity index (χ0) is 15.4. The average molecular weight is 336 g/mol. The minimum Gasteiger partial charge on any atom is -0.445 e. The summed E-state index contributed by atoms with van der Waals surface area (Å²) in [6.45, 7) is 4.11. The Morgan fingerprint density at radius 1 is 1.48 bits per heavy atom. The number of nitrogens with one attached hydrogen (secondary N) is 2. The van der Waals surface area contributed by atoms with Crippen LogP contribution in [0.5, 0.6) is 0 Å². The molecule has 1 saturated heterocycles. The van der Waals surface area contributed by atoms with Crippen LogP contribution >= 0.6 is 12.4 Å². The third-order valence-electron chi connectivity index (χ3n) is 4.13. The van der Waals surface area contributed by atoms with Crippen molar-refractivity contribution in [3.63, 3.8) is 0 Å². The standard InChI is InChI=1S/C17H21N3O2.ClH/c1-12-2-4-14(10-15(12)17-19-8-9-22-17)20-16(21)5-3-13-6-7-18-11-13;/h2,4,8-10,13,18H,3,5-7,11H2,1H3,(H,20,21);1H. The van der Waals surface area contributed by atoms with Crippen molar-refractivity contribution in [3.05, 3.63) is 36.2 Å². The van der Waals surface area contributed by atoms with E-state index in [-0.39, 0.29) is 18.3 Å². The van der Waals surface area contributed by atoms with Gasteiger partial charge in [-0.3, -0.25) is 4.79 Å². The van der Waals surface area contributed by atoms with Crippen LogP contribution in [0.3, 0.4) is 0 Å². The van der Waals surface area contributed by atoms with Crippen LogP contribution in [-0.2, 0) is 4.79 Å². The summed E-state index contributed by atoms with van der Waals surface area (Å²) in [5.41, 5.74) is 2.76. The number of oxazole rings is 1. The maximum absolute atomic E-state index is 12.1. The van der Waals surface area contributed by atoms with E-state index in [0.717, 1.165) is 36.3 Å². The Morgan fingerprint density at radius 3 is 3.04 bits per heavy atom. The summed E-state index contributed by atoms with van der Waals surface area (Å²) < 4.78 is 5.34. The van der Waals surface area contributed by atoms with Crippen molar-refractivity contribution < 1.29 is 9.21 Å². The van der Waals surface area contributed by atoms with Crippen LogP contribution in [0, 0.1) is 12.8 Å². The van der Waals surface area contributed by atoms with E-state index in [1.807, 2.05) is 25.1 Å². The molecule has 1 fully saturated rings. The Balaban J connectivity index is 0.00000192. The highest BCUT2D eigenvalue weighted by Crippen LogP contribution is 2.25. The van der Waals surface area contributed by atoms with Gasteiger partial charge in [0.15, 0.2) is 0 Å². The fourth-order valence-corrected chi connectivity index (χ4v) is 2.81. The number of anilines is 1. The summed E-state index contributed by atoms with van der Waals surface area (Å²) in [5.74, 6) is 1.27. The van der Waals surface area contributed by atoms with Gasteiger partial charge < -0.3 is 15.1 Å². The van der Waals surface area contributed by atoms with Crippen molar-refractivity contribution in [2.45, 2.75) is 26.2 Å². The van der Waals surface area contributed by atoms with Gasteiger partial charge in [0.05, 0.1) is 6.20 Å². The average Bonchev–Trinajstić information content (AvgIpc) is 3.20. The second-order valence-electron chi connectivity index (χ2n) is 5.81. The first-order valence-corrected chi connectivity index (χ1v) is 7.73. The second kappa shape index (κ2) is 8.13. The highest BCUT2D eigenvalue weighted by molar-refractivity contribution is 5.91. The summed E-state index contributed by atoms with van der Waals surface area (Å²) in [6, 6.07) is 5.79. The van der Waals surface area contributed by atoms with Gasteiger partial charge in [-0.2, -0.15) is 0 Å². The maximum atomic E-state index is 12.1. The van der Waals surface area contributed by atoms with Crippen molar-refractivity contribution in [2.24, 2.45) is 5.92 Å². The Kier molecular flexibility index (Phi) is 6.19. The fraction of sp³-hybridized carbons (Fsp3) is 0.412. The van der Waals surface area contributed by atoms with Gasteiger partial charge in [-0.15, -0.1) is 12.4 Å². The largest absolute Gasteiger partial charge is 0.445 e. The molecule has 1 aliphatic heterocycles. The highest BCUT2D eigenvalue weighted by atomic mass is 35.5. The number of nitrogens with zero attached hydrogens (tertiary/aromatic N) is 1. The molecule has 0 bridgehead atoms. The van der Waals surface area contributed by atoms with Gasteiger partial charge in [-0.1, -0.05) is 6.07 Å². The lowest BCUT2D eigenvalue weighted by Gasteiger charge is -2.10. The molecule has 2 heterocycles. The molecule has 1 aromatic heterocycles. The Morgan fingerprint density at radius 2 is 2.35 bits per heavy atom. The molecular weight excluding hydrogens is 314 g/mol. The molecule has 1 atom stereocenters. The van der Waals surface area contributed by atoms with Gasteiger partial charge in [-0.25, -0.2) is 4.98 Å². The number of amides is 1. The molecule has 1 aliphatic rings. The van der Waals surface area contributed by atoms with E-state index >= 15 is 0 Å². The summed E-state index contributed by atoms with van der Waals surface area (Å²) in [5, 5.41) is 6.29. The third kappa shape index (κ3) is 4.56. The number of rotatable bonds is 5. The normalized spacial score (nSPS) is 16.8. The van der Waals surface area contributed by atoms with Crippen LogP contribution in [0.15, 0.2) is 35.1 Å². The molecule has 0 saturated carbocycles. The molecule has 2 aromatic rings. The predicted molar refractivity (Wildman–Crippen MR) is 92.8 cm³/mol. The minimum atomic E-state index is 0. The number of halogens is 1. The molecule has 2 N–H and O–H groups in total. The van der Waals surface area contributed by atoms with E-state index in [2.05, 4.69) is 15.6 Å². The van der Waals surface area contributed by atoms with Crippen molar-refractivity contribution in [1.29, 1.82) is 0 Å². The van der Waals surface area contributed by atoms with Crippen LogP contribution in [0.2, 0.25) is 0 Å². The highest BCUT2D eigenvalue weighted by Gasteiger charge is 2.16. The molecule has 1 unspecified atom stereocenters. The summed E-state index contributed by atoms with van der Waals surface area (Å²) in [4.78, 5) is 16.3.